The number of aryl methyl sites for hydroxylation is 2. The molecule has 128 valence electrons. The maximum Gasteiger partial charge on any atom is 0.266 e. The van der Waals surface area contributed by atoms with E-state index < -0.39 is 0 Å². The maximum atomic E-state index is 12.7. The van der Waals surface area contributed by atoms with Crippen molar-refractivity contribution in [2.45, 2.75) is 25.8 Å². The fourth-order valence-corrected chi connectivity index (χ4v) is 3.82. The number of carbonyl (C=O) groups is 1. The Hall–Kier alpha value is -2.60. The maximum absolute atomic E-state index is 12.7. The second-order valence-electron chi connectivity index (χ2n) is 6.07. The van der Waals surface area contributed by atoms with Gasteiger partial charge in [0.2, 0.25) is 0 Å². The number of nitrogens with one attached hydrogen (secondary N) is 1. The highest BCUT2D eigenvalue weighted by molar-refractivity contribution is 7.09. The molecule has 25 heavy (non-hydrogen) atoms. The van der Waals surface area contributed by atoms with Crippen LogP contribution >= 0.6 is 11.3 Å². The van der Waals surface area contributed by atoms with Crippen LogP contribution < -0.4 is 9.64 Å². The second-order valence-corrected chi connectivity index (χ2v) is 7.11. The van der Waals surface area contributed by atoms with Crippen molar-refractivity contribution in [2.24, 2.45) is 0 Å². The van der Waals surface area contributed by atoms with Gasteiger partial charge in [0.15, 0.2) is 6.61 Å². The van der Waals surface area contributed by atoms with Crippen LogP contribution in [0.1, 0.15) is 22.4 Å². The van der Waals surface area contributed by atoms with Gasteiger partial charge < -0.3 is 4.74 Å². The monoisotopic (exact) mass is 353 g/mol. The molecule has 2 aromatic heterocycles. The third-order valence-electron chi connectivity index (χ3n) is 4.40. The van der Waals surface area contributed by atoms with Crippen molar-refractivity contribution < 1.29 is 9.53 Å². The molecule has 2 heterocycles. The van der Waals surface area contributed by atoms with Crippen LogP contribution in [-0.2, 0) is 24.2 Å². The third kappa shape index (κ3) is 3.58. The number of hydrogen-bond acceptors (Lipinski definition) is 4. The molecule has 0 aliphatic heterocycles. The van der Waals surface area contributed by atoms with E-state index >= 15 is 0 Å². The molecule has 6 heteroatoms. The molecule has 1 N–H and O–H groups in total. The van der Waals surface area contributed by atoms with E-state index in [1.807, 2.05) is 23.6 Å². The zero-order valence-electron chi connectivity index (χ0n) is 13.8. The van der Waals surface area contributed by atoms with Gasteiger partial charge in [-0.05, 0) is 54.0 Å². The van der Waals surface area contributed by atoms with Crippen LogP contribution in [0.3, 0.4) is 0 Å². The van der Waals surface area contributed by atoms with Crippen molar-refractivity contribution in [3.05, 3.63) is 64.0 Å². The lowest BCUT2D eigenvalue weighted by molar-refractivity contribution is -0.120. The number of nitrogens with zero attached hydrogens (tertiary/aromatic N) is 2. The first kappa shape index (κ1) is 15.9. The normalized spacial score (nSPS) is 12.8. The number of aromatic amines is 1. The fraction of sp³-hybridized carbons (Fsp3) is 0.263. The smallest absolute Gasteiger partial charge is 0.266 e. The standard InChI is InChI=1S/C19H19N3O2S/c23-19(13-24-16-7-6-14-3-1-4-15(14)11-16)22(18-8-9-20-21-18)12-17-5-2-10-25-17/h2,5-11H,1,3-4,12-13H2,(H,20,21). The minimum Gasteiger partial charge on any atom is -0.484 e. The third-order valence-corrected chi connectivity index (χ3v) is 5.27. The topological polar surface area (TPSA) is 58.2 Å². The van der Waals surface area contributed by atoms with Gasteiger partial charge in [-0.15, -0.1) is 11.3 Å². The van der Waals surface area contributed by atoms with Crippen LogP contribution in [-0.4, -0.2) is 22.7 Å². The number of fused-ring (bicyclic) bond motifs is 1. The van der Waals surface area contributed by atoms with Gasteiger partial charge in [0.05, 0.1) is 12.7 Å². The van der Waals surface area contributed by atoms with Gasteiger partial charge in [0.1, 0.15) is 11.6 Å². The number of carbonyl (C=O) groups excluding carboxylic acids is 1. The molecule has 1 aromatic carbocycles. The van der Waals surface area contributed by atoms with Crippen molar-refractivity contribution in [3.8, 4) is 5.75 Å². The number of rotatable bonds is 6. The van der Waals surface area contributed by atoms with Crippen LogP contribution in [0.4, 0.5) is 5.82 Å². The quantitative estimate of drug-likeness (QED) is 0.737. The minimum atomic E-state index is -0.0989. The highest BCUT2D eigenvalue weighted by Crippen LogP contribution is 2.26. The van der Waals surface area contributed by atoms with E-state index in [0.29, 0.717) is 12.4 Å². The summed E-state index contributed by atoms with van der Waals surface area (Å²) in [7, 11) is 0. The van der Waals surface area contributed by atoms with E-state index in [2.05, 4.69) is 22.3 Å². The van der Waals surface area contributed by atoms with Crippen molar-refractivity contribution in [1.82, 2.24) is 10.2 Å². The first-order valence-electron chi connectivity index (χ1n) is 8.36. The highest BCUT2D eigenvalue weighted by Gasteiger charge is 2.19. The summed E-state index contributed by atoms with van der Waals surface area (Å²) >= 11 is 1.62. The van der Waals surface area contributed by atoms with Crippen molar-refractivity contribution >= 4 is 23.1 Å². The Morgan fingerprint density at radius 2 is 2.16 bits per heavy atom. The van der Waals surface area contributed by atoms with Crippen molar-refractivity contribution in [2.75, 3.05) is 11.5 Å². The average molecular weight is 353 g/mol. The molecule has 0 unspecified atom stereocenters. The number of H-pyrrole nitrogens is 1. The lowest BCUT2D eigenvalue weighted by Gasteiger charge is -2.20. The Morgan fingerprint density at radius 1 is 1.24 bits per heavy atom. The number of thiophene rings is 1. The molecular formula is C19H19N3O2S. The number of ether oxygens (including phenoxy) is 1. The number of anilines is 1. The van der Waals surface area contributed by atoms with Gasteiger partial charge in [-0.2, -0.15) is 5.10 Å². The SMILES string of the molecule is O=C(COc1ccc2c(c1)CCC2)N(Cc1cccs1)c1ccn[nH]1. The van der Waals surface area contributed by atoms with Crippen molar-refractivity contribution in [3.63, 3.8) is 0 Å². The Morgan fingerprint density at radius 3 is 2.96 bits per heavy atom. The van der Waals surface area contributed by atoms with Crippen molar-refractivity contribution in [1.29, 1.82) is 0 Å². The van der Waals surface area contributed by atoms with E-state index in [1.54, 1.807) is 28.5 Å². The summed E-state index contributed by atoms with van der Waals surface area (Å²) in [6, 6.07) is 11.9. The van der Waals surface area contributed by atoms with E-state index in [9.17, 15) is 4.79 Å². The fourth-order valence-electron chi connectivity index (χ4n) is 3.13. The van der Waals surface area contributed by atoms with E-state index in [1.165, 1.54) is 17.5 Å². The van der Waals surface area contributed by atoms with Crippen LogP contribution in [0, 0.1) is 0 Å². The molecule has 5 nitrogen and oxygen atoms in total. The van der Waals surface area contributed by atoms with E-state index in [-0.39, 0.29) is 12.5 Å². The number of benzene rings is 1. The summed E-state index contributed by atoms with van der Waals surface area (Å²) in [4.78, 5) is 15.5. The summed E-state index contributed by atoms with van der Waals surface area (Å²) in [5.41, 5.74) is 2.74. The summed E-state index contributed by atoms with van der Waals surface area (Å²) in [6.07, 6.45) is 5.08. The number of aromatic nitrogens is 2. The summed E-state index contributed by atoms with van der Waals surface area (Å²) in [6.45, 7) is 0.509. The van der Waals surface area contributed by atoms with Gasteiger partial charge in [-0.3, -0.25) is 14.8 Å². The number of amides is 1. The molecule has 0 atom stereocenters. The molecule has 1 amide bonds. The van der Waals surface area contributed by atoms with Gasteiger partial charge in [0.25, 0.3) is 5.91 Å². The van der Waals surface area contributed by atoms with Gasteiger partial charge in [-0.25, -0.2) is 0 Å². The van der Waals surface area contributed by atoms with Crippen LogP contribution in [0.5, 0.6) is 5.75 Å². The molecule has 0 spiro atoms. The molecule has 0 radical (unpaired) electrons. The molecule has 1 aliphatic carbocycles. The highest BCUT2D eigenvalue weighted by atomic mass is 32.1. The van der Waals surface area contributed by atoms with Crippen LogP contribution in [0.15, 0.2) is 48.0 Å². The van der Waals surface area contributed by atoms with Crippen LogP contribution in [0.2, 0.25) is 0 Å². The van der Waals surface area contributed by atoms with Gasteiger partial charge >= 0.3 is 0 Å². The molecule has 0 saturated carbocycles. The average Bonchev–Trinajstić information content (AvgIpc) is 3.39. The Labute approximate surface area is 150 Å². The zero-order valence-corrected chi connectivity index (χ0v) is 14.6. The Kier molecular flexibility index (Phi) is 4.52. The Balaban J connectivity index is 1.45. The lowest BCUT2D eigenvalue weighted by Crippen LogP contribution is -2.34. The first-order chi connectivity index (χ1) is 12.3. The Bertz CT molecular complexity index is 844. The molecule has 1 aliphatic rings. The molecule has 0 fully saturated rings. The molecular weight excluding hydrogens is 334 g/mol. The molecule has 4 rings (SSSR count). The second kappa shape index (κ2) is 7.11. The number of hydrogen-bond donors (Lipinski definition) is 1. The zero-order chi connectivity index (χ0) is 17.1. The minimum absolute atomic E-state index is 0.00316. The first-order valence-corrected chi connectivity index (χ1v) is 9.24. The predicted molar refractivity (Wildman–Crippen MR) is 98.1 cm³/mol. The summed E-state index contributed by atoms with van der Waals surface area (Å²) < 4.78 is 5.77. The van der Waals surface area contributed by atoms with Gasteiger partial charge in [-0.1, -0.05) is 12.1 Å². The summed E-state index contributed by atoms with van der Waals surface area (Å²) in [5.74, 6) is 1.34. The van der Waals surface area contributed by atoms with E-state index in [4.69, 9.17) is 4.74 Å². The van der Waals surface area contributed by atoms with Crippen LogP contribution in [0.25, 0.3) is 0 Å². The molecule has 0 bridgehead atoms. The largest absolute Gasteiger partial charge is 0.484 e. The molecule has 0 saturated heterocycles. The van der Waals surface area contributed by atoms with Gasteiger partial charge in [0, 0.05) is 10.9 Å². The lowest BCUT2D eigenvalue weighted by atomic mass is 10.1. The molecule has 3 aromatic rings. The summed E-state index contributed by atoms with van der Waals surface area (Å²) in [5, 5.41) is 8.83. The predicted octanol–water partition coefficient (Wildman–Crippen LogP) is 3.57. The van der Waals surface area contributed by atoms with E-state index in [0.717, 1.165) is 23.5 Å².